The lowest BCUT2D eigenvalue weighted by molar-refractivity contribution is -0.157. The highest BCUT2D eigenvalue weighted by atomic mass is 16.7. The van der Waals surface area contributed by atoms with Crippen LogP contribution in [0.1, 0.15) is 23.5 Å². The van der Waals surface area contributed by atoms with Crippen LogP contribution >= 0.6 is 0 Å². The van der Waals surface area contributed by atoms with Crippen molar-refractivity contribution in [2.24, 2.45) is 0 Å². The number of carbonyl (C=O) groups is 1. The molecule has 2 aromatic carbocycles. The second-order valence-corrected chi connectivity index (χ2v) is 9.29. The van der Waals surface area contributed by atoms with Crippen LogP contribution in [0.4, 0.5) is 0 Å². The van der Waals surface area contributed by atoms with Gasteiger partial charge in [0.25, 0.3) is 5.91 Å². The molecule has 2 aromatic rings. The first kappa shape index (κ1) is 25.5. The van der Waals surface area contributed by atoms with Gasteiger partial charge in [-0.15, -0.1) is 0 Å². The van der Waals surface area contributed by atoms with Gasteiger partial charge in [0.05, 0.1) is 26.4 Å². The Balaban J connectivity index is 1.18. The summed E-state index contributed by atoms with van der Waals surface area (Å²) in [5, 5.41) is 8.87. The zero-order chi connectivity index (χ0) is 25.5. The van der Waals surface area contributed by atoms with Crippen LogP contribution < -0.4 is 9.47 Å². The molecule has 9 heteroatoms. The van der Waals surface area contributed by atoms with E-state index in [9.17, 15) is 4.79 Å². The van der Waals surface area contributed by atoms with Crippen molar-refractivity contribution in [3.8, 4) is 11.5 Å². The van der Waals surface area contributed by atoms with Crippen molar-refractivity contribution in [1.82, 2.24) is 9.80 Å². The van der Waals surface area contributed by atoms with Crippen molar-refractivity contribution in [1.29, 1.82) is 0 Å². The minimum absolute atomic E-state index is 0.0181. The third-order valence-corrected chi connectivity index (χ3v) is 6.77. The summed E-state index contributed by atoms with van der Waals surface area (Å²) in [4.78, 5) is 17.7. The fourth-order valence-electron chi connectivity index (χ4n) is 4.81. The van der Waals surface area contributed by atoms with Crippen molar-refractivity contribution in [3.63, 3.8) is 0 Å². The Morgan fingerprint density at radius 3 is 2.59 bits per heavy atom. The number of aliphatic hydroxyl groups is 1. The molecule has 2 atom stereocenters. The average Bonchev–Trinajstić information content (AvgIpc) is 3.41. The summed E-state index contributed by atoms with van der Waals surface area (Å²) >= 11 is 0. The van der Waals surface area contributed by atoms with Gasteiger partial charge in [0.1, 0.15) is 0 Å². The summed E-state index contributed by atoms with van der Waals surface area (Å²) in [7, 11) is 0. The average molecular weight is 511 g/mol. The molecule has 0 saturated carbocycles. The van der Waals surface area contributed by atoms with Crippen molar-refractivity contribution in [3.05, 3.63) is 71.5 Å². The lowest BCUT2D eigenvalue weighted by atomic mass is 9.93. The van der Waals surface area contributed by atoms with Crippen LogP contribution in [0.25, 0.3) is 0 Å². The van der Waals surface area contributed by atoms with E-state index in [1.54, 1.807) is 0 Å². The minimum atomic E-state index is -0.542. The molecule has 1 amide bonds. The van der Waals surface area contributed by atoms with Crippen LogP contribution in [0, 0.1) is 0 Å². The van der Waals surface area contributed by atoms with E-state index in [-0.39, 0.29) is 31.8 Å². The number of nitrogens with zero attached hydrogens (tertiary/aromatic N) is 2. The predicted octanol–water partition coefficient (Wildman–Crippen LogP) is 2.50. The van der Waals surface area contributed by atoms with Gasteiger partial charge in [0, 0.05) is 45.1 Å². The number of amides is 1. The molecule has 1 N–H and O–H groups in total. The van der Waals surface area contributed by atoms with Gasteiger partial charge in [0.2, 0.25) is 13.1 Å². The second kappa shape index (κ2) is 12.4. The fraction of sp³-hybridized carbons (Fsp3) is 0.464. The molecule has 37 heavy (non-hydrogen) atoms. The lowest BCUT2D eigenvalue weighted by Gasteiger charge is -2.36. The van der Waals surface area contributed by atoms with Crippen LogP contribution in [0.5, 0.6) is 11.5 Å². The van der Waals surface area contributed by atoms with Crippen LogP contribution in [0.2, 0.25) is 0 Å². The van der Waals surface area contributed by atoms with Crippen molar-refractivity contribution in [2.45, 2.75) is 25.2 Å². The zero-order valence-electron chi connectivity index (χ0n) is 20.9. The maximum absolute atomic E-state index is 13.5. The van der Waals surface area contributed by atoms with Gasteiger partial charge in [-0.2, -0.15) is 0 Å². The molecule has 0 unspecified atom stereocenters. The molecular weight excluding hydrogens is 476 g/mol. The molecule has 0 spiro atoms. The molecule has 0 aromatic heterocycles. The summed E-state index contributed by atoms with van der Waals surface area (Å²) < 4.78 is 28.1. The lowest BCUT2D eigenvalue weighted by Crippen LogP contribution is -2.49. The number of hydrogen-bond acceptors (Lipinski definition) is 8. The van der Waals surface area contributed by atoms with Gasteiger partial charge in [0.15, 0.2) is 17.3 Å². The van der Waals surface area contributed by atoms with Crippen LogP contribution in [0.15, 0.2) is 60.4 Å². The Bertz CT molecular complexity index is 1070. The maximum Gasteiger partial charge on any atom is 0.288 e. The standard InChI is InChI=1S/C28H34N2O7/c31-12-13-33-14-15-34-27-18-23(22-4-2-1-3-5-22)17-26(37-27)28(32)30-10-8-29(9-11-30)19-21-6-7-24-25(16-21)36-20-35-24/h1-7,16-17,23,27,31H,8-15,18-20H2/t23-,27+/m0/s1. The Kier molecular flexibility index (Phi) is 8.57. The molecule has 1 fully saturated rings. The van der Waals surface area contributed by atoms with Crippen LogP contribution in [-0.4, -0.2) is 86.5 Å². The maximum atomic E-state index is 13.5. The Morgan fingerprint density at radius 1 is 0.973 bits per heavy atom. The second-order valence-electron chi connectivity index (χ2n) is 9.29. The van der Waals surface area contributed by atoms with E-state index in [0.29, 0.717) is 38.5 Å². The van der Waals surface area contributed by atoms with E-state index >= 15 is 0 Å². The normalized spacial score (nSPS) is 21.4. The summed E-state index contributed by atoms with van der Waals surface area (Å²) in [6, 6.07) is 16.1. The molecule has 198 valence electrons. The highest BCUT2D eigenvalue weighted by Crippen LogP contribution is 2.34. The first-order valence-corrected chi connectivity index (χ1v) is 12.8. The van der Waals surface area contributed by atoms with E-state index < -0.39 is 6.29 Å². The quantitative estimate of drug-likeness (QED) is 0.488. The molecule has 3 aliphatic heterocycles. The number of hydrogen-bond donors (Lipinski definition) is 1. The Morgan fingerprint density at radius 2 is 1.78 bits per heavy atom. The molecule has 0 bridgehead atoms. The predicted molar refractivity (Wildman–Crippen MR) is 135 cm³/mol. The van der Waals surface area contributed by atoms with Gasteiger partial charge >= 0.3 is 0 Å². The molecule has 3 heterocycles. The van der Waals surface area contributed by atoms with E-state index in [0.717, 1.165) is 42.3 Å². The van der Waals surface area contributed by atoms with Crippen LogP contribution in [0.3, 0.4) is 0 Å². The number of fused-ring (bicyclic) bond motifs is 1. The third kappa shape index (κ3) is 6.61. The molecule has 3 aliphatic rings. The molecule has 0 aliphatic carbocycles. The first-order chi connectivity index (χ1) is 18.2. The minimum Gasteiger partial charge on any atom is -0.459 e. The summed E-state index contributed by atoms with van der Waals surface area (Å²) in [6.07, 6.45) is 2.00. The number of ether oxygens (including phenoxy) is 5. The van der Waals surface area contributed by atoms with Crippen LogP contribution in [-0.2, 0) is 25.5 Å². The first-order valence-electron chi connectivity index (χ1n) is 12.8. The number of allylic oxidation sites excluding steroid dienone is 1. The van der Waals surface area contributed by atoms with E-state index in [1.165, 1.54) is 0 Å². The topological polar surface area (TPSA) is 89.9 Å². The molecule has 0 radical (unpaired) electrons. The SMILES string of the molecule is O=C(C1=C[C@H](c2ccccc2)C[C@H](OCCOCCO)O1)N1CCN(Cc2ccc3c(c2)OCO3)CC1. The van der Waals surface area contributed by atoms with Gasteiger partial charge in [-0.05, 0) is 29.3 Å². The largest absolute Gasteiger partial charge is 0.459 e. The highest BCUT2D eigenvalue weighted by molar-refractivity contribution is 5.92. The molecule has 1 saturated heterocycles. The smallest absolute Gasteiger partial charge is 0.288 e. The Labute approximate surface area is 217 Å². The van der Waals surface area contributed by atoms with Crippen molar-refractivity contribution >= 4 is 5.91 Å². The van der Waals surface area contributed by atoms with Gasteiger partial charge < -0.3 is 33.7 Å². The number of piperazine rings is 1. The molecule has 9 nitrogen and oxygen atoms in total. The van der Waals surface area contributed by atoms with E-state index in [2.05, 4.69) is 23.1 Å². The molecule has 5 rings (SSSR count). The van der Waals surface area contributed by atoms with Crippen molar-refractivity contribution < 1.29 is 33.6 Å². The van der Waals surface area contributed by atoms with E-state index in [1.807, 2.05) is 41.3 Å². The monoisotopic (exact) mass is 510 g/mol. The van der Waals surface area contributed by atoms with Gasteiger partial charge in [-0.25, -0.2) is 0 Å². The molecular formula is C28H34N2O7. The number of rotatable bonds is 10. The number of aliphatic hydroxyl groups excluding tert-OH is 1. The van der Waals surface area contributed by atoms with Gasteiger partial charge in [-0.1, -0.05) is 36.4 Å². The number of carbonyl (C=O) groups excluding carboxylic acids is 1. The zero-order valence-corrected chi connectivity index (χ0v) is 20.9. The fourth-order valence-corrected chi connectivity index (χ4v) is 4.81. The van der Waals surface area contributed by atoms with Crippen molar-refractivity contribution in [2.75, 3.05) is 59.4 Å². The van der Waals surface area contributed by atoms with Gasteiger partial charge in [-0.3, -0.25) is 9.69 Å². The number of benzene rings is 2. The summed E-state index contributed by atoms with van der Waals surface area (Å²) in [5.74, 6) is 1.83. The Hall–Kier alpha value is -3.11. The third-order valence-electron chi connectivity index (χ3n) is 6.77. The van der Waals surface area contributed by atoms with E-state index in [4.69, 9.17) is 28.8 Å². The summed E-state index contributed by atoms with van der Waals surface area (Å²) in [6.45, 7) is 4.79. The summed E-state index contributed by atoms with van der Waals surface area (Å²) in [5.41, 5.74) is 2.28. The highest BCUT2D eigenvalue weighted by Gasteiger charge is 2.32.